The first-order valence-corrected chi connectivity index (χ1v) is 8.53. The number of hydrogen-bond acceptors (Lipinski definition) is 4. The summed E-state index contributed by atoms with van der Waals surface area (Å²) in [5.74, 6) is -0.706. The van der Waals surface area contributed by atoms with E-state index in [9.17, 15) is 18.0 Å². The van der Waals surface area contributed by atoms with Crippen LogP contribution < -0.4 is 15.4 Å². The molecule has 7 nitrogen and oxygen atoms in total. The summed E-state index contributed by atoms with van der Waals surface area (Å²) in [6.45, 7) is 1.87. The molecule has 0 bridgehead atoms. The van der Waals surface area contributed by atoms with Gasteiger partial charge in [-0.15, -0.1) is 0 Å². The Morgan fingerprint density at radius 1 is 0.917 bits per heavy atom. The van der Waals surface area contributed by atoms with Gasteiger partial charge < -0.3 is 10.6 Å². The van der Waals surface area contributed by atoms with E-state index in [-0.39, 0.29) is 10.5 Å². The number of benzene rings is 2. The van der Waals surface area contributed by atoms with Crippen molar-refractivity contribution in [3.05, 3.63) is 59.7 Å². The average molecular weight is 347 g/mol. The second kappa shape index (κ2) is 7.14. The molecule has 126 valence electrons. The summed E-state index contributed by atoms with van der Waals surface area (Å²) in [4.78, 5) is 23.2. The van der Waals surface area contributed by atoms with Crippen molar-refractivity contribution < 1.29 is 18.0 Å². The zero-order chi connectivity index (χ0) is 17.7. The molecule has 2 aromatic rings. The van der Waals surface area contributed by atoms with Gasteiger partial charge in [0, 0.05) is 18.3 Å². The summed E-state index contributed by atoms with van der Waals surface area (Å²) >= 11 is 0. The molecule has 0 radical (unpaired) electrons. The summed E-state index contributed by atoms with van der Waals surface area (Å²) in [5.41, 5.74) is 1.65. The number of carbonyl (C=O) groups excluding carboxylic acids is 2. The van der Waals surface area contributed by atoms with Gasteiger partial charge in [0.15, 0.2) is 0 Å². The predicted octanol–water partition coefficient (Wildman–Crippen LogP) is 1.87. The number of rotatable bonds is 4. The Kier molecular flexibility index (Phi) is 5.20. The highest BCUT2D eigenvalue weighted by molar-refractivity contribution is 7.90. The van der Waals surface area contributed by atoms with Gasteiger partial charge in [0.2, 0.25) is 0 Å². The summed E-state index contributed by atoms with van der Waals surface area (Å²) < 4.78 is 26.5. The molecule has 0 atom stereocenters. The molecule has 24 heavy (non-hydrogen) atoms. The van der Waals surface area contributed by atoms with Crippen LogP contribution in [-0.2, 0) is 10.0 Å². The first-order valence-electron chi connectivity index (χ1n) is 7.04. The summed E-state index contributed by atoms with van der Waals surface area (Å²) in [6, 6.07) is 11.6. The van der Waals surface area contributed by atoms with Crippen LogP contribution in [0.5, 0.6) is 0 Å². The molecular formula is C16H17N3O4S. The highest BCUT2D eigenvalue weighted by atomic mass is 32.2. The molecule has 8 heteroatoms. The molecule has 0 aliphatic carbocycles. The number of carbonyl (C=O) groups is 2. The maximum Gasteiger partial charge on any atom is 0.318 e. The van der Waals surface area contributed by atoms with Crippen molar-refractivity contribution >= 4 is 27.6 Å². The van der Waals surface area contributed by atoms with Gasteiger partial charge in [0.05, 0.1) is 4.90 Å². The second-order valence-electron chi connectivity index (χ2n) is 5.03. The lowest BCUT2D eigenvalue weighted by Gasteiger charge is -2.09. The van der Waals surface area contributed by atoms with E-state index in [1.165, 1.54) is 31.3 Å². The van der Waals surface area contributed by atoms with Crippen LogP contribution in [0.2, 0.25) is 0 Å². The molecule has 0 saturated heterocycles. The van der Waals surface area contributed by atoms with Crippen molar-refractivity contribution in [3.63, 3.8) is 0 Å². The largest absolute Gasteiger partial charge is 0.341 e. The van der Waals surface area contributed by atoms with E-state index in [0.29, 0.717) is 5.69 Å². The van der Waals surface area contributed by atoms with E-state index >= 15 is 0 Å². The lowest BCUT2D eigenvalue weighted by molar-refractivity contribution is 0.0981. The molecule has 0 aromatic heterocycles. The fourth-order valence-corrected chi connectivity index (χ4v) is 2.83. The SMILES string of the molecule is CNC(=O)Nc1ccc(S(=O)(=O)NC(=O)c2ccc(C)cc2)cc1. The van der Waals surface area contributed by atoms with E-state index < -0.39 is 22.0 Å². The molecule has 0 aliphatic heterocycles. The smallest absolute Gasteiger partial charge is 0.318 e. The van der Waals surface area contributed by atoms with Crippen molar-refractivity contribution in [1.82, 2.24) is 10.0 Å². The number of sulfonamides is 1. The Balaban J connectivity index is 2.13. The van der Waals surface area contributed by atoms with Gasteiger partial charge >= 0.3 is 6.03 Å². The number of aryl methyl sites for hydroxylation is 1. The van der Waals surface area contributed by atoms with Gasteiger partial charge in [-0.25, -0.2) is 17.9 Å². The maximum absolute atomic E-state index is 12.2. The van der Waals surface area contributed by atoms with Crippen LogP contribution in [0.15, 0.2) is 53.4 Å². The van der Waals surface area contributed by atoms with E-state index in [1.54, 1.807) is 24.3 Å². The Labute approximate surface area is 140 Å². The number of urea groups is 1. The molecule has 2 rings (SSSR count). The summed E-state index contributed by atoms with van der Waals surface area (Å²) in [6.07, 6.45) is 0. The zero-order valence-electron chi connectivity index (χ0n) is 13.2. The van der Waals surface area contributed by atoms with Crippen LogP contribution in [0.3, 0.4) is 0 Å². The van der Waals surface area contributed by atoms with Crippen molar-refractivity contribution in [3.8, 4) is 0 Å². The third-order valence-corrected chi connectivity index (χ3v) is 4.54. The number of nitrogens with one attached hydrogen (secondary N) is 3. The topological polar surface area (TPSA) is 104 Å². The third-order valence-electron chi connectivity index (χ3n) is 3.19. The van der Waals surface area contributed by atoms with Gasteiger partial charge in [-0.3, -0.25) is 4.79 Å². The minimum Gasteiger partial charge on any atom is -0.341 e. The maximum atomic E-state index is 12.2. The molecule has 2 aromatic carbocycles. The van der Waals surface area contributed by atoms with Crippen molar-refractivity contribution in [2.45, 2.75) is 11.8 Å². The summed E-state index contributed by atoms with van der Waals surface area (Å²) in [7, 11) is -2.53. The molecule has 3 N–H and O–H groups in total. The molecular weight excluding hydrogens is 330 g/mol. The third kappa shape index (κ3) is 4.32. The first-order chi connectivity index (χ1) is 11.3. The fraction of sp³-hybridized carbons (Fsp3) is 0.125. The average Bonchev–Trinajstić information content (AvgIpc) is 2.55. The molecule has 0 saturated carbocycles. The Morgan fingerprint density at radius 2 is 1.50 bits per heavy atom. The quantitative estimate of drug-likeness (QED) is 0.785. The molecule has 0 fully saturated rings. The Hall–Kier alpha value is -2.87. The predicted molar refractivity (Wildman–Crippen MR) is 90.4 cm³/mol. The van der Waals surface area contributed by atoms with Crippen LogP contribution in [0.25, 0.3) is 0 Å². The molecule has 3 amide bonds. The van der Waals surface area contributed by atoms with Crippen LogP contribution in [-0.4, -0.2) is 27.4 Å². The van der Waals surface area contributed by atoms with Gasteiger partial charge in [-0.1, -0.05) is 17.7 Å². The number of hydrogen-bond donors (Lipinski definition) is 3. The van der Waals surface area contributed by atoms with Gasteiger partial charge in [0.25, 0.3) is 15.9 Å². The van der Waals surface area contributed by atoms with E-state index in [1.807, 2.05) is 11.6 Å². The highest BCUT2D eigenvalue weighted by Gasteiger charge is 2.18. The van der Waals surface area contributed by atoms with Crippen molar-refractivity contribution in [2.75, 3.05) is 12.4 Å². The molecule has 0 heterocycles. The molecule has 0 unspecified atom stereocenters. The zero-order valence-corrected chi connectivity index (χ0v) is 14.0. The fourth-order valence-electron chi connectivity index (χ4n) is 1.86. The summed E-state index contributed by atoms with van der Waals surface area (Å²) in [5, 5.41) is 4.89. The van der Waals surface area contributed by atoms with E-state index in [0.717, 1.165) is 5.56 Å². The molecule has 0 aliphatic rings. The number of anilines is 1. The molecule has 0 spiro atoms. The lowest BCUT2D eigenvalue weighted by atomic mass is 10.1. The second-order valence-corrected chi connectivity index (χ2v) is 6.71. The van der Waals surface area contributed by atoms with Gasteiger partial charge in [-0.2, -0.15) is 0 Å². The first kappa shape index (κ1) is 17.5. The van der Waals surface area contributed by atoms with Crippen molar-refractivity contribution in [1.29, 1.82) is 0 Å². The van der Waals surface area contributed by atoms with Crippen molar-refractivity contribution in [2.24, 2.45) is 0 Å². The van der Waals surface area contributed by atoms with Crippen LogP contribution in [0.1, 0.15) is 15.9 Å². The lowest BCUT2D eigenvalue weighted by Crippen LogP contribution is -2.30. The minimum absolute atomic E-state index is 0.0783. The van der Waals surface area contributed by atoms with Gasteiger partial charge in [0.1, 0.15) is 0 Å². The monoisotopic (exact) mass is 347 g/mol. The normalized spacial score (nSPS) is 10.8. The van der Waals surface area contributed by atoms with Crippen LogP contribution in [0, 0.1) is 6.92 Å². The van der Waals surface area contributed by atoms with Crippen LogP contribution >= 0.6 is 0 Å². The van der Waals surface area contributed by atoms with E-state index in [2.05, 4.69) is 10.6 Å². The Morgan fingerprint density at radius 3 is 2.04 bits per heavy atom. The highest BCUT2D eigenvalue weighted by Crippen LogP contribution is 2.14. The number of amides is 3. The minimum atomic E-state index is -4.00. The van der Waals surface area contributed by atoms with Crippen LogP contribution in [0.4, 0.5) is 10.5 Å². The van der Waals surface area contributed by atoms with E-state index in [4.69, 9.17) is 0 Å². The van der Waals surface area contributed by atoms with Gasteiger partial charge in [-0.05, 0) is 43.3 Å². The standard InChI is InChI=1S/C16H17N3O4S/c1-11-3-5-12(6-4-11)15(20)19-24(22,23)14-9-7-13(8-10-14)18-16(21)17-2/h3-10H,1-2H3,(H,19,20)(H2,17,18,21). The Bertz CT molecular complexity index is 844.